The molecule has 1 heterocycles. The summed E-state index contributed by atoms with van der Waals surface area (Å²) >= 11 is 0. The van der Waals surface area contributed by atoms with E-state index in [1.165, 1.54) is 0 Å². The van der Waals surface area contributed by atoms with Crippen molar-refractivity contribution in [3.05, 3.63) is 66.2 Å². The Balaban J connectivity index is 1.58. The highest BCUT2D eigenvalue weighted by Gasteiger charge is 2.57. The van der Waals surface area contributed by atoms with Crippen LogP contribution >= 0.6 is 0 Å². The van der Waals surface area contributed by atoms with E-state index in [0.717, 1.165) is 19.3 Å². The molecule has 2 fully saturated rings. The second-order valence-corrected chi connectivity index (χ2v) is 10.4. The minimum Gasteiger partial charge on any atom is -0.341 e. The quantitative estimate of drug-likeness (QED) is 0.797. The molecule has 1 aliphatic heterocycles. The van der Waals surface area contributed by atoms with E-state index in [2.05, 4.69) is 5.32 Å². The highest BCUT2D eigenvalue weighted by molar-refractivity contribution is 7.92. The molecule has 4 rings (SSSR count). The van der Waals surface area contributed by atoms with E-state index >= 15 is 0 Å². The first kappa shape index (κ1) is 20.6. The lowest BCUT2D eigenvalue weighted by Gasteiger charge is -2.48. The molecule has 2 aromatic carbocycles. The monoisotopic (exact) mass is 426 g/mol. The van der Waals surface area contributed by atoms with Gasteiger partial charge in [-0.15, -0.1) is 0 Å². The molecule has 2 amide bonds. The lowest BCUT2D eigenvalue weighted by atomic mass is 9.74. The summed E-state index contributed by atoms with van der Waals surface area (Å²) < 4.78 is 26.0. The van der Waals surface area contributed by atoms with E-state index in [9.17, 15) is 18.0 Å². The van der Waals surface area contributed by atoms with Crippen LogP contribution in [0.25, 0.3) is 0 Å². The van der Waals surface area contributed by atoms with Crippen LogP contribution in [0.4, 0.5) is 0 Å². The minimum absolute atomic E-state index is 0.0954. The first-order chi connectivity index (χ1) is 14.4. The topological polar surface area (TPSA) is 83.6 Å². The zero-order chi connectivity index (χ0) is 21.2. The van der Waals surface area contributed by atoms with Gasteiger partial charge in [0.25, 0.3) is 5.91 Å². The molecule has 0 unspecified atom stereocenters. The van der Waals surface area contributed by atoms with Crippen molar-refractivity contribution >= 4 is 21.7 Å². The molecule has 1 saturated carbocycles. The predicted octanol–water partition coefficient (Wildman–Crippen LogP) is 2.80. The number of hydrogen-bond donors (Lipinski definition) is 1. The molecule has 1 aliphatic carbocycles. The van der Waals surface area contributed by atoms with Crippen LogP contribution < -0.4 is 5.32 Å². The van der Waals surface area contributed by atoms with Gasteiger partial charge in [-0.2, -0.15) is 0 Å². The SMILES string of the molecule is O=C(NC1(C(=O)N2CCCCC2)CC(S(=O)(=O)c2ccccc2)C1)c1ccccc1. The number of rotatable bonds is 5. The van der Waals surface area contributed by atoms with Crippen LogP contribution in [0.5, 0.6) is 0 Å². The van der Waals surface area contributed by atoms with Crippen LogP contribution in [0.15, 0.2) is 65.6 Å². The van der Waals surface area contributed by atoms with Gasteiger partial charge in [-0.1, -0.05) is 36.4 Å². The molecule has 7 heteroatoms. The Kier molecular flexibility index (Phi) is 5.64. The maximum atomic E-state index is 13.4. The number of likely N-dealkylation sites (tertiary alicyclic amines) is 1. The number of carbonyl (C=O) groups excluding carboxylic acids is 2. The van der Waals surface area contributed by atoms with Crippen LogP contribution in [0, 0.1) is 0 Å². The van der Waals surface area contributed by atoms with Crippen molar-refractivity contribution in [3.63, 3.8) is 0 Å². The molecule has 30 heavy (non-hydrogen) atoms. The van der Waals surface area contributed by atoms with Gasteiger partial charge in [0.15, 0.2) is 9.84 Å². The summed E-state index contributed by atoms with van der Waals surface area (Å²) in [7, 11) is -3.56. The van der Waals surface area contributed by atoms with Gasteiger partial charge in [0.1, 0.15) is 5.54 Å². The fourth-order valence-electron chi connectivity index (χ4n) is 4.35. The molecular formula is C23H26N2O4S. The second-order valence-electron chi connectivity index (χ2n) is 8.14. The number of carbonyl (C=O) groups is 2. The first-order valence-corrected chi connectivity index (χ1v) is 11.9. The number of sulfone groups is 1. The molecule has 0 aromatic heterocycles. The predicted molar refractivity (Wildman–Crippen MR) is 114 cm³/mol. The van der Waals surface area contributed by atoms with Crippen LogP contribution in [0.2, 0.25) is 0 Å². The third-order valence-corrected chi connectivity index (χ3v) is 8.24. The highest BCUT2D eigenvalue weighted by atomic mass is 32.2. The number of nitrogens with one attached hydrogen (secondary N) is 1. The lowest BCUT2D eigenvalue weighted by molar-refractivity contribution is -0.142. The molecule has 0 spiro atoms. The number of nitrogens with zero attached hydrogens (tertiary/aromatic N) is 1. The van der Waals surface area contributed by atoms with E-state index in [4.69, 9.17) is 0 Å². The molecular weight excluding hydrogens is 400 g/mol. The van der Waals surface area contributed by atoms with Gasteiger partial charge < -0.3 is 10.2 Å². The van der Waals surface area contributed by atoms with Gasteiger partial charge in [0, 0.05) is 18.7 Å². The highest BCUT2D eigenvalue weighted by Crippen LogP contribution is 2.41. The van der Waals surface area contributed by atoms with E-state index in [1.54, 1.807) is 59.5 Å². The van der Waals surface area contributed by atoms with E-state index < -0.39 is 20.6 Å². The van der Waals surface area contributed by atoms with E-state index in [1.807, 2.05) is 6.07 Å². The van der Waals surface area contributed by atoms with Gasteiger partial charge in [-0.25, -0.2) is 8.42 Å². The molecule has 2 aromatic rings. The molecule has 0 atom stereocenters. The van der Waals surface area contributed by atoms with Crippen molar-refractivity contribution in [1.82, 2.24) is 10.2 Å². The third kappa shape index (κ3) is 3.86. The van der Waals surface area contributed by atoms with Gasteiger partial charge in [-0.3, -0.25) is 9.59 Å². The molecule has 2 aliphatic rings. The molecule has 0 radical (unpaired) electrons. The summed E-state index contributed by atoms with van der Waals surface area (Å²) in [6, 6.07) is 17.0. The van der Waals surface area contributed by atoms with Crippen molar-refractivity contribution in [3.8, 4) is 0 Å². The molecule has 1 saturated heterocycles. The summed E-state index contributed by atoms with van der Waals surface area (Å²) in [5, 5.41) is 2.21. The molecule has 158 valence electrons. The standard InChI is InChI=1S/C23H26N2O4S/c26-21(18-10-4-1-5-11-18)24-23(22(27)25-14-8-3-9-15-25)16-20(17-23)30(28,29)19-12-6-2-7-13-19/h1-2,4-7,10-13,20H,3,8-9,14-17H2,(H,24,26). The van der Waals surface area contributed by atoms with Gasteiger partial charge in [0.2, 0.25) is 5.91 Å². The largest absolute Gasteiger partial charge is 0.341 e. The molecule has 1 N–H and O–H groups in total. The zero-order valence-corrected chi connectivity index (χ0v) is 17.6. The summed E-state index contributed by atoms with van der Waals surface area (Å²) in [5.41, 5.74) is -0.714. The second kappa shape index (κ2) is 8.22. The van der Waals surface area contributed by atoms with E-state index in [-0.39, 0.29) is 29.6 Å². The Hall–Kier alpha value is -2.67. The van der Waals surface area contributed by atoms with Crippen LogP contribution in [-0.4, -0.2) is 49.0 Å². The Morgan fingerprint density at radius 3 is 2.03 bits per heavy atom. The number of hydrogen-bond acceptors (Lipinski definition) is 4. The normalized spacial score (nSPS) is 24.0. The number of piperidine rings is 1. The Labute approximate surface area is 177 Å². The Bertz CT molecular complexity index is 1010. The van der Waals surface area contributed by atoms with Crippen LogP contribution in [0.1, 0.15) is 42.5 Å². The zero-order valence-electron chi connectivity index (χ0n) is 16.8. The molecule has 6 nitrogen and oxygen atoms in total. The smallest absolute Gasteiger partial charge is 0.252 e. The number of amides is 2. The Morgan fingerprint density at radius 1 is 0.867 bits per heavy atom. The average molecular weight is 427 g/mol. The van der Waals surface area contributed by atoms with Crippen LogP contribution in [-0.2, 0) is 14.6 Å². The fraction of sp³-hybridized carbons (Fsp3) is 0.391. The van der Waals surface area contributed by atoms with E-state index in [0.29, 0.717) is 18.7 Å². The summed E-state index contributed by atoms with van der Waals surface area (Å²) in [4.78, 5) is 28.3. The van der Waals surface area contributed by atoms with Crippen molar-refractivity contribution in [2.75, 3.05) is 13.1 Å². The summed E-state index contributed by atoms with van der Waals surface area (Å²) in [5.74, 6) is -0.512. The average Bonchev–Trinajstić information content (AvgIpc) is 2.77. The summed E-state index contributed by atoms with van der Waals surface area (Å²) in [6.45, 7) is 1.30. The lowest BCUT2D eigenvalue weighted by Crippen LogP contribution is -2.69. The first-order valence-electron chi connectivity index (χ1n) is 10.4. The number of benzene rings is 2. The van der Waals surface area contributed by atoms with Gasteiger partial charge in [0.05, 0.1) is 10.1 Å². The Morgan fingerprint density at radius 2 is 1.43 bits per heavy atom. The summed E-state index contributed by atoms with van der Waals surface area (Å²) in [6.07, 6.45) is 3.13. The fourth-order valence-corrected chi connectivity index (χ4v) is 6.28. The third-order valence-electron chi connectivity index (χ3n) is 6.10. The van der Waals surface area contributed by atoms with Gasteiger partial charge in [-0.05, 0) is 56.4 Å². The van der Waals surface area contributed by atoms with Crippen molar-refractivity contribution in [1.29, 1.82) is 0 Å². The van der Waals surface area contributed by atoms with Crippen molar-refractivity contribution in [2.45, 2.75) is 47.8 Å². The van der Waals surface area contributed by atoms with Crippen molar-refractivity contribution in [2.24, 2.45) is 0 Å². The van der Waals surface area contributed by atoms with Crippen molar-refractivity contribution < 1.29 is 18.0 Å². The maximum Gasteiger partial charge on any atom is 0.252 e. The van der Waals surface area contributed by atoms with Gasteiger partial charge >= 0.3 is 0 Å². The molecule has 0 bridgehead atoms. The maximum absolute atomic E-state index is 13.4. The minimum atomic E-state index is -3.56. The van der Waals surface area contributed by atoms with Crippen LogP contribution in [0.3, 0.4) is 0 Å².